The molecule has 13 heteroatoms. The number of nitrogens with zero attached hydrogens (tertiary/aromatic N) is 3. The Morgan fingerprint density at radius 3 is 2.86 bits per heavy atom. The van der Waals surface area contributed by atoms with Crippen LogP contribution in [0.15, 0.2) is 21.5 Å². The Morgan fingerprint density at radius 2 is 2.29 bits per heavy atom. The second-order valence-electron chi connectivity index (χ2n) is 5.78. The zero-order valence-corrected chi connectivity index (χ0v) is 17.3. The van der Waals surface area contributed by atoms with Gasteiger partial charge in [0.2, 0.25) is 5.91 Å². The Morgan fingerprint density at radius 1 is 1.54 bits per heavy atom. The van der Waals surface area contributed by atoms with Gasteiger partial charge in [-0.3, -0.25) is 9.59 Å². The Balaban J connectivity index is 1.77. The van der Waals surface area contributed by atoms with E-state index in [1.54, 1.807) is 10.8 Å². The van der Waals surface area contributed by atoms with Gasteiger partial charge < -0.3 is 25.9 Å². The molecule has 0 unspecified atom stereocenters. The highest BCUT2D eigenvalue weighted by atomic mass is 32.2. The number of nitrogens with one attached hydrogen (secondary N) is 1. The third-order valence-electron chi connectivity index (χ3n) is 4.06. The molecule has 10 nitrogen and oxygen atoms in total. The van der Waals surface area contributed by atoms with Crippen LogP contribution in [0.2, 0.25) is 0 Å². The maximum atomic E-state index is 12.6. The second kappa shape index (κ2) is 8.41. The highest BCUT2D eigenvalue weighted by Gasteiger charge is 2.56. The number of rotatable bonds is 7. The largest absolute Gasteiger partial charge is 0.479 e. The number of carboxylic acid groups (broad SMARTS) is 1. The first kappa shape index (κ1) is 20.5. The fourth-order valence-corrected chi connectivity index (χ4v) is 5.35. The van der Waals surface area contributed by atoms with Gasteiger partial charge in [0.1, 0.15) is 24.2 Å². The summed E-state index contributed by atoms with van der Waals surface area (Å²) in [4.78, 5) is 46.9. The number of nitrogen functional groups attached to an aromatic ring is 1. The Labute approximate surface area is 172 Å². The number of amides is 2. The van der Waals surface area contributed by atoms with Crippen molar-refractivity contribution in [2.45, 2.75) is 17.5 Å². The highest BCUT2D eigenvalue weighted by Crippen LogP contribution is 2.40. The normalized spacial score (nSPS) is 24.1. The van der Waals surface area contributed by atoms with Gasteiger partial charge in [-0.2, -0.15) is 11.8 Å². The van der Waals surface area contributed by atoms with Crippen molar-refractivity contribution >= 4 is 63.5 Å². The van der Waals surface area contributed by atoms with Gasteiger partial charge in [-0.05, 0) is 17.2 Å². The Bertz CT molecular complexity index is 870. The van der Waals surface area contributed by atoms with Gasteiger partial charge in [-0.1, -0.05) is 5.16 Å². The van der Waals surface area contributed by atoms with Crippen LogP contribution in [0.1, 0.15) is 5.69 Å². The van der Waals surface area contributed by atoms with Crippen LogP contribution in [0.4, 0.5) is 5.13 Å². The van der Waals surface area contributed by atoms with Gasteiger partial charge in [0, 0.05) is 11.1 Å². The molecule has 0 aliphatic carbocycles. The molecule has 0 radical (unpaired) electrons. The molecule has 3 heterocycles. The molecule has 150 valence electrons. The minimum absolute atomic E-state index is 0.115. The SMILES string of the molecule is CO/N=C(\C(=O)N[C@@H]1C(=O)N2[C@@H](C(=O)O)C(CSC)=CS[C@H]12)c1csc(N)n1. The number of anilines is 1. The smallest absolute Gasteiger partial charge is 0.330 e. The molecule has 3 atom stereocenters. The summed E-state index contributed by atoms with van der Waals surface area (Å²) in [7, 11) is 1.28. The van der Waals surface area contributed by atoms with Crippen LogP contribution in [0, 0.1) is 0 Å². The molecule has 0 aromatic carbocycles. The highest BCUT2D eigenvalue weighted by molar-refractivity contribution is 8.03. The van der Waals surface area contributed by atoms with E-state index in [1.165, 1.54) is 35.5 Å². The van der Waals surface area contributed by atoms with Crippen molar-refractivity contribution in [2.75, 3.05) is 24.9 Å². The quantitative estimate of drug-likeness (QED) is 0.305. The van der Waals surface area contributed by atoms with Gasteiger partial charge in [0.15, 0.2) is 16.9 Å². The number of carboxylic acids is 1. The second-order valence-corrected chi connectivity index (χ2v) is 8.53. The lowest BCUT2D eigenvalue weighted by Crippen LogP contribution is -2.74. The maximum absolute atomic E-state index is 12.6. The lowest BCUT2D eigenvalue weighted by atomic mass is 9.98. The van der Waals surface area contributed by atoms with E-state index in [0.717, 1.165) is 11.3 Å². The van der Waals surface area contributed by atoms with E-state index in [-0.39, 0.29) is 16.5 Å². The van der Waals surface area contributed by atoms with E-state index in [1.807, 2.05) is 6.26 Å². The first-order valence-corrected chi connectivity index (χ1v) is 11.1. The molecule has 0 bridgehead atoms. The van der Waals surface area contributed by atoms with Crippen LogP contribution in [0.5, 0.6) is 0 Å². The van der Waals surface area contributed by atoms with Crippen molar-refractivity contribution in [1.82, 2.24) is 15.2 Å². The van der Waals surface area contributed by atoms with Crippen LogP contribution in [0.3, 0.4) is 0 Å². The Kier molecular flexibility index (Phi) is 6.15. The van der Waals surface area contributed by atoms with Crippen LogP contribution in [-0.4, -0.2) is 75.1 Å². The molecule has 0 spiro atoms. The van der Waals surface area contributed by atoms with Gasteiger partial charge in [0.25, 0.3) is 5.91 Å². The lowest BCUT2D eigenvalue weighted by molar-refractivity contribution is -0.159. The summed E-state index contributed by atoms with van der Waals surface area (Å²) in [6, 6.07) is -1.89. The molecule has 2 aliphatic rings. The van der Waals surface area contributed by atoms with E-state index in [4.69, 9.17) is 10.6 Å². The van der Waals surface area contributed by atoms with Crippen molar-refractivity contribution in [1.29, 1.82) is 0 Å². The molecule has 1 fully saturated rings. The molecule has 0 saturated carbocycles. The van der Waals surface area contributed by atoms with E-state index in [9.17, 15) is 19.5 Å². The van der Waals surface area contributed by atoms with Crippen LogP contribution in [0.25, 0.3) is 0 Å². The lowest BCUT2D eigenvalue weighted by Gasteiger charge is -2.51. The average Bonchev–Trinajstić information content (AvgIpc) is 3.09. The van der Waals surface area contributed by atoms with E-state index in [2.05, 4.69) is 15.5 Å². The zero-order chi connectivity index (χ0) is 20.4. The molecule has 3 rings (SSSR count). The number of thiazole rings is 1. The number of hydrogen-bond acceptors (Lipinski definition) is 10. The third kappa shape index (κ3) is 3.69. The van der Waals surface area contributed by atoms with Crippen LogP contribution < -0.4 is 11.1 Å². The number of fused-ring (bicyclic) bond motifs is 1. The summed E-state index contributed by atoms with van der Waals surface area (Å²) < 4.78 is 0. The predicted molar refractivity (Wildman–Crippen MR) is 108 cm³/mol. The number of hydrogen-bond donors (Lipinski definition) is 3. The first-order chi connectivity index (χ1) is 13.4. The van der Waals surface area contributed by atoms with Crippen molar-refractivity contribution in [3.63, 3.8) is 0 Å². The number of β-lactam (4-membered cyclic amide) rings is 1. The van der Waals surface area contributed by atoms with Crippen LogP contribution >= 0.6 is 34.9 Å². The predicted octanol–water partition coefficient (Wildman–Crippen LogP) is 0.176. The van der Waals surface area contributed by atoms with Crippen molar-refractivity contribution in [3.8, 4) is 0 Å². The standard InChI is InChI=1S/C15H17N5O5S3/c1-25-19-8(7-5-28-15(16)17-7)11(21)18-9-12(22)20-10(14(23)24)6(3-26-2)4-27-13(9)20/h4-5,9-10,13H,3H2,1-2H3,(H2,16,17)(H,18,21)(H,23,24)/b19-8-/t9-,10-,13-/m1/s1. The molecule has 1 aromatic heterocycles. The number of carbonyl (C=O) groups excluding carboxylic acids is 2. The molecule has 2 aliphatic heterocycles. The van der Waals surface area contributed by atoms with E-state index in [0.29, 0.717) is 11.3 Å². The third-order valence-corrected chi connectivity index (χ3v) is 6.57. The summed E-state index contributed by atoms with van der Waals surface area (Å²) >= 11 is 3.93. The van der Waals surface area contributed by atoms with Crippen molar-refractivity contribution in [2.24, 2.45) is 5.16 Å². The topological polar surface area (TPSA) is 147 Å². The number of aliphatic carboxylic acids is 1. The van der Waals surface area contributed by atoms with Gasteiger partial charge >= 0.3 is 5.97 Å². The minimum Gasteiger partial charge on any atom is -0.479 e. The average molecular weight is 444 g/mol. The van der Waals surface area contributed by atoms with Gasteiger partial charge in [-0.15, -0.1) is 23.1 Å². The summed E-state index contributed by atoms with van der Waals surface area (Å²) in [6.07, 6.45) is 1.86. The molecule has 2 amide bonds. The van der Waals surface area contributed by atoms with Gasteiger partial charge in [0.05, 0.1) is 0 Å². The molecular formula is C15H17N5O5S3. The van der Waals surface area contributed by atoms with Crippen molar-refractivity contribution < 1.29 is 24.3 Å². The summed E-state index contributed by atoms with van der Waals surface area (Å²) in [6.45, 7) is 0. The molecule has 1 saturated heterocycles. The summed E-state index contributed by atoms with van der Waals surface area (Å²) in [5.41, 5.74) is 6.36. The van der Waals surface area contributed by atoms with E-state index < -0.39 is 35.2 Å². The summed E-state index contributed by atoms with van der Waals surface area (Å²) in [5.74, 6) is -1.70. The van der Waals surface area contributed by atoms with Crippen molar-refractivity contribution in [3.05, 3.63) is 22.1 Å². The maximum Gasteiger partial charge on any atom is 0.330 e. The number of nitrogens with two attached hydrogens (primary N) is 1. The molecule has 1 aromatic rings. The fraction of sp³-hybridized carbons (Fsp3) is 0.400. The molecular weight excluding hydrogens is 426 g/mol. The molecule has 28 heavy (non-hydrogen) atoms. The first-order valence-electron chi connectivity index (χ1n) is 7.90. The van der Waals surface area contributed by atoms with Gasteiger partial charge in [-0.25, -0.2) is 9.78 Å². The number of thioether (sulfide) groups is 2. The number of oxime groups is 1. The fourth-order valence-electron chi connectivity index (χ4n) is 2.90. The monoisotopic (exact) mass is 443 g/mol. The zero-order valence-electron chi connectivity index (χ0n) is 14.8. The molecule has 4 N–H and O–H groups in total. The summed E-state index contributed by atoms with van der Waals surface area (Å²) in [5, 5.41) is 18.9. The van der Waals surface area contributed by atoms with E-state index >= 15 is 0 Å². The number of carbonyl (C=O) groups is 3. The van der Waals surface area contributed by atoms with Crippen LogP contribution in [-0.2, 0) is 19.2 Å². The Hall–Kier alpha value is -2.25. The minimum atomic E-state index is -1.09. The number of aromatic nitrogens is 1.